The molecule has 0 aliphatic carbocycles. The summed E-state index contributed by atoms with van der Waals surface area (Å²) in [6, 6.07) is 10.8. The summed E-state index contributed by atoms with van der Waals surface area (Å²) in [5.41, 5.74) is 12.6. The second-order valence-electron chi connectivity index (χ2n) is 4.68. The number of aromatic hydroxyl groups is 1. The predicted molar refractivity (Wildman–Crippen MR) is 101 cm³/mol. The molecule has 0 saturated carbocycles. The van der Waals surface area contributed by atoms with Crippen LogP contribution in [0.25, 0.3) is 0 Å². The monoisotopic (exact) mass is 510 g/mol. The van der Waals surface area contributed by atoms with Gasteiger partial charge in [0.1, 0.15) is 11.5 Å². The van der Waals surface area contributed by atoms with Crippen molar-refractivity contribution in [2.75, 3.05) is 6.54 Å². The van der Waals surface area contributed by atoms with E-state index < -0.39 is 0 Å². The van der Waals surface area contributed by atoms with Crippen LogP contribution in [0.1, 0.15) is 5.56 Å². The average Bonchev–Trinajstić information content (AvgIpc) is 2.44. The third kappa shape index (κ3) is 4.70. The SMILES string of the molecule is NCC(N)Cc1cc(I)c(Oc2ccc(O)cc2)c(I)c1. The summed E-state index contributed by atoms with van der Waals surface area (Å²) in [6.07, 6.45) is 0.752. The molecule has 0 aliphatic rings. The lowest BCUT2D eigenvalue weighted by atomic mass is 10.1. The molecule has 2 rings (SSSR count). The fraction of sp³-hybridized carbons (Fsp3) is 0.200. The molecule has 1 unspecified atom stereocenters. The van der Waals surface area contributed by atoms with Gasteiger partial charge >= 0.3 is 0 Å². The highest BCUT2D eigenvalue weighted by atomic mass is 127. The summed E-state index contributed by atoms with van der Waals surface area (Å²) >= 11 is 4.51. The van der Waals surface area contributed by atoms with Crippen molar-refractivity contribution in [3.05, 3.63) is 49.1 Å². The van der Waals surface area contributed by atoms with Crippen molar-refractivity contribution in [2.24, 2.45) is 11.5 Å². The van der Waals surface area contributed by atoms with Gasteiger partial charge in [-0.05, 0) is 93.6 Å². The van der Waals surface area contributed by atoms with Gasteiger partial charge in [0.15, 0.2) is 5.75 Å². The van der Waals surface area contributed by atoms with Gasteiger partial charge in [-0.25, -0.2) is 0 Å². The Balaban J connectivity index is 2.22. The molecular formula is C15H16I2N2O2. The van der Waals surface area contributed by atoms with Crippen LogP contribution in [0.3, 0.4) is 0 Å². The van der Waals surface area contributed by atoms with Crippen molar-refractivity contribution in [3.8, 4) is 17.2 Å². The van der Waals surface area contributed by atoms with Gasteiger partial charge in [0.05, 0.1) is 7.14 Å². The molecule has 0 aliphatic heterocycles. The summed E-state index contributed by atoms with van der Waals surface area (Å²) in [5.74, 6) is 1.72. The fourth-order valence-corrected chi connectivity index (χ4v) is 3.96. The van der Waals surface area contributed by atoms with Gasteiger partial charge in [0, 0.05) is 12.6 Å². The Morgan fingerprint density at radius 2 is 1.67 bits per heavy atom. The first-order valence-corrected chi connectivity index (χ1v) is 8.56. The van der Waals surface area contributed by atoms with E-state index in [0.29, 0.717) is 12.3 Å². The van der Waals surface area contributed by atoms with Crippen molar-refractivity contribution in [3.63, 3.8) is 0 Å². The Morgan fingerprint density at radius 3 is 2.19 bits per heavy atom. The van der Waals surface area contributed by atoms with Crippen LogP contribution < -0.4 is 16.2 Å². The highest BCUT2D eigenvalue weighted by molar-refractivity contribution is 14.1. The number of hydrogen-bond donors (Lipinski definition) is 3. The molecule has 0 aromatic heterocycles. The van der Waals surface area contributed by atoms with Gasteiger partial charge in [0.25, 0.3) is 0 Å². The van der Waals surface area contributed by atoms with E-state index in [1.165, 1.54) is 0 Å². The van der Waals surface area contributed by atoms with E-state index in [4.69, 9.17) is 16.2 Å². The van der Waals surface area contributed by atoms with Crippen molar-refractivity contribution in [1.82, 2.24) is 0 Å². The fourth-order valence-electron chi connectivity index (χ4n) is 1.85. The predicted octanol–water partition coefficient (Wildman–Crippen LogP) is 3.22. The normalized spacial score (nSPS) is 12.2. The molecule has 0 radical (unpaired) electrons. The molecule has 0 bridgehead atoms. The lowest BCUT2D eigenvalue weighted by Crippen LogP contribution is -2.31. The standard InChI is InChI=1S/C15H16I2N2O2/c16-13-6-9(5-10(19)8-18)7-14(17)15(13)21-12-3-1-11(20)2-4-12/h1-4,6-7,10,20H,5,8,18-19H2. The van der Waals surface area contributed by atoms with Gasteiger partial charge in [0.2, 0.25) is 0 Å². The van der Waals surface area contributed by atoms with Crippen LogP contribution in [-0.4, -0.2) is 17.7 Å². The van der Waals surface area contributed by atoms with Gasteiger partial charge in [-0.15, -0.1) is 0 Å². The van der Waals surface area contributed by atoms with Crippen molar-refractivity contribution >= 4 is 45.2 Å². The lowest BCUT2D eigenvalue weighted by Gasteiger charge is -2.14. The topological polar surface area (TPSA) is 81.5 Å². The third-order valence-electron chi connectivity index (χ3n) is 2.92. The second-order valence-corrected chi connectivity index (χ2v) is 7.01. The zero-order valence-corrected chi connectivity index (χ0v) is 15.5. The van der Waals surface area contributed by atoms with Crippen LogP contribution in [0.2, 0.25) is 0 Å². The van der Waals surface area contributed by atoms with E-state index in [9.17, 15) is 5.11 Å². The van der Waals surface area contributed by atoms with E-state index in [0.717, 1.165) is 24.9 Å². The molecular weight excluding hydrogens is 494 g/mol. The van der Waals surface area contributed by atoms with Crippen LogP contribution in [-0.2, 0) is 6.42 Å². The van der Waals surface area contributed by atoms with E-state index in [-0.39, 0.29) is 11.8 Å². The molecule has 6 heteroatoms. The maximum atomic E-state index is 9.30. The molecule has 0 heterocycles. The molecule has 112 valence electrons. The smallest absolute Gasteiger partial charge is 0.154 e. The third-order valence-corrected chi connectivity index (χ3v) is 4.52. The van der Waals surface area contributed by atoms with E-state index in [1.54, 1.807) is 24.3 Å². The number of ether oxygens (including phenoxy) is 1. The lowest BCUT2D eigenvalue weighted by molar-refractivity contribution is 0.461. The van der Waals surface area contributed by atoms with Crippen molar-refractivity contribution in [2.45, 2.75) is 12.5 Å². The minimum Gasteiger partial charge on any atom is -0.508 e. The highest BCUT2D eigenvalue weighted by Crippen LogP contribution is 2.33. The number of nitrogens with two attached hydrogens (primary N) is 2. The minimum atomic E-state index is -0.0273. The molecule has 0 spiro atoms. The van der Waals surface area contributed by atoms with Crippen LogP contribution in [0, 0.1) is 7.14 Å². The Morgan fingerprint density at radius 1 is 1.10 bits per heavy atom. The molecule has 5 N–H and O–H groups in total. The number of hydrogen-bond acceptors (Lipinski definition) is 4. The Kier molecular flexibility index (Phi) is 6.08. The molecule has 0 amide bonds. The summed E-state index contributed by atoms with van der Waals surface area (Å²) in [4.78, 5) is 0. The maximum Gasteiger partial charge on any atom is 0.154 e. The zero-order chi connectivity index (χ0) is 15.4. The Labute approximate surface area is 151 Å². The summed E-state index contributed by atoms with van der Waals surface area (Å²) in [7, 11) is 0. The first-order chi connectivity index (χ1) is 9.99. The number of phenolic OH excluding ortho intramolecular Hbond substituents is 1. The first kappa shape index (κ1) is 16.8. The van der Waals surface area contributed by atoms with Gasteiger partial charge in [-0.1, -0.05) is 0 Å². The molecule has 1 atom stereocenters. The summed E-state index contributed by atoms with van der Waals surface area (Å²) < 4.78 is 7.94. The molecule has 2 aromatic rings. The molecule has 0 fully saturated rings. The van der Waals surface area contributed by atoms with Gasteiger partial charge < -0.3 is 21.3 Å². The quantitative estimate of drug-likeness (QED) is 0.540. The molecule has 2 aromatic carbocycles. The number of benzene rings is 2. The van der Waals surface area contributed by atoms with E-state index in [2.05, 4.69) is 57.3 Å². The second kappa shape index (κ2) is 7.61. The summed E-state index contributed by atoms with van der Waals surface area (Å²) in [5, 5.41) is 9.30. The molecule has 0 saturated heterocycles. The first-order valence-electron chi connectivity index (χ1n) is 6.40. The Bertz CT molecular complexity index is 595. The van der Waals surface area contributed by atoms with Crippen LogP contribution >= 0.6 is 45.2 Å². The average molecular weight is 510 g/mol. The Hall–Kier alpha value is -0.580. The number of phenols is 1. The van der Waals surface area contributed by atoms with Gasteiger partial charge in [-0.3, -0.25) is 0 Å². The van der Waals surface area contributed by atoms with Crippen molar-refractivity contribution < 1.29 is 9.84 Å². The highest BCUT2D eigenvalue weighted by Gasteiger charge is 2.12. The summed E-state index contributed by atoms with van der Waals surface area (Å²) in [6.45, 7) is 0.471. The van der Waals surface area contributed by atoms with Crippen molar-refractivity contribution in [1.29, 1.82) is 0 Å². The number of halogens is 2. The minimum absolute atomic E-state index is 0.0273. The van der Waals surface area contributed by atoms with Crippen LogP contribution in [0.5, 0.6) is 17.2 Å². The van der Waals surface area contributed by atoms with Crippen LogP contribution in [0.15, 0.2) is 36.4 Å². The molecule has 21 heavy (non-hydrogen) atoms. The van der Waals surface area contributed by atoms with Gasteiger partial charge in [-0.2, -0.15) is 0 Å². The van der Waals surface area contributed by atoms with Crippen LogP contribution in [0.4, 0.5) is 0 Å². The van der Waals surface area contributed by atoms with E-state index in [1.807, 2.05) is 0 Å². The maximum absolute atomic E-state index is 9.30. The van der Waals surface area contributed by atoms with E-state index >= 15 is 0 Å². The number of rotatable bonds is 5. The largest absolute Gasteiger partial charge is 0.508 e. The zero-order valence-electron chi connectivity index (χ0n) is 11.2. The molecule has 4 nitrogen and oxygen atoms in total.